The topological polar surface area (TPSA) is 66.4 Å². The van der Waals surface area contributed by atoms with E-state index in [-0.39, 0.29) is 23.9 Å². The van der Waals surface area contributed by atoms with E-state index < -0.39 is 6.61 Å². The molecule has 0 fully saturated rings. The molecule has 0 spiro atoms. The summed E-state index contributed by atoms with van der Waals surface area (Å²) in [6.07, 6.45) is 1.40. The van der Waals surface area contributed by atoms with E-state index >= 15 is 0 Å². The Bertz CT molecular complexity index is 824. The van der Waals surface area contributed by atoms with Crippen molar-refractivity contribution < 1.29 is 32.6 Å². The molecule has 8 heteroatoms. The number of ketones is 1. The van der Waals surface area contributed by atoms with Crippen molar-refractivity contribution in [2.45, 2.75) is 20.1 Å². The van der Waals surface area contributed by atoms with Gasteiger partial charge in [-0.2, -0.15) is 8.78 Å². The van der Waals surface area contributed by atoms with Gasteiger partial charge >= 0.3 is 6.61 Å². The maximum atomic E-state index is 12.3. The minimum absolute atomic E-state index is 0.0689. The van der Waals surface area contributed by atoms with Crippen LogP contribution in [0.3, 0.4) is 0 Å². The van der Waals surface area contributed by atoms with Crippen LogP contribution in [0.25, 0.3) is 0 Å². The first-order chi connectivity index (χ1) is 12.9. The molecule has 0 heterocycles. The number of hydrogen-bond donors (Lipinski definition) is 0. The minimum atomic E-state index is -2.94. The summed E-state index contributed by atoms with van der Waals surface area (Å²) in [6.45, 7) is -1.38. The maximum Gasteiger partial charge on any atom is 0.387 e. The quantitative estimate of drug-likeness (QED) is 0.373. The number of oxime groups is 1. The second kappa shape index (κ2) is 9.51. The fourth-order valence-corrected chi connectivity index (χ4v) is 2.27. The molecular weight excluding hydrogens is 360 g/mol. The van der Waals surface area contributed by atoms with Crippen LogP contribution in [-0.4, -0.2) is 32.8 Å². The van der Waals surface area contributed by atoms with Crippen LogP contribution in [0.15, 0.2) is 41.6 Å². The number of halogens is 2. The molecule has 0 aromatic heterocycles. The molecule has 0 bridgehead atoms. The van der Waals surface area contributed by atoms with Gasteiger partial charge in [0.05, 0.1) is 20.4 Å². The van der Waals surface area contributed by atoms with Crippen LogP contribution in [0, 0.1) is 0 Å². The SMILES string of the molecule is COc1ccc(C(C)=O)cc1CO/N=C/c1ccc(OC(F)F)c(OC)c1. The van der Waals surface area contributed by atoms with Gasteiger partial charge < -0.3 is 19.0 Å². The number of alkyl halides is 2. The van der Waals surface area contributed by atoms with Crippen molar-refractivity contribution in [3.63, 3.8) is 0 Å². The van der Waals surface area contributed by atoms with Crippen molar-refractivity contribution in [3.05, 3.63) is 53.1 Å². The van der Waals surface area contributed by atoms with Gasteiger partial charge in [-0.3, -0.25) is 4.79 Å². The molecule has 0 N–H and O–H groups in total. The highest BCUT2D eigenvalue weighted by Crippen LogP contribution is 2.29. The highest BCUT2D eigenvalue weighted by Gasteiger charge is 2.11. The Morgan fingerprint density at radius 3 is 2.41 bits per heavy atom. The van der Waals surface area contributed by atoms with E-state index in [2.05, 4.69) is 9.89 Å². The summed E-state index contributed by atoms with van der Waals surface area (Å²) in [6, 6.07) is 9.41. The Morgan fingerprint density at radius 2 is 1.78 bits per heavy atom. The lowest BCUT2D eigenvalue weighted by atomic mass is 10.1. The van der Waals surface area contributed by atoms with Crippen LogP contribution in [0.5, 0.6) is 17.2 Å². The number of carbonyl (C=O) groups is 1. The number of rotatable bonds is 9. The summed E-state index contributed by atoms with van der Waals surface area (Å²) < 4.78 is 39.3. The van der Waals surface area contributed by atoms with E-state index in [4.69, 9.17) is 14.3 Å². The molecule has 0 saturated heterocycles. The molecule has 2 rings (SSSR count). The number of methoxy groups -OCH3 is 2. The summed E-state index contributed by atoms with van der Waals surface area (Å²) in [5.41, 5.74) is 1.77. The number of ether oxygens (including phenoxy) is 3. The van der Waals surface area contributed by atoms with Gasteiger partial charge in [0.25, 0.3) is 0 Å². The molecule has 2 aromatic carbocycles. The predicted molar refractivity (Wildman–Crippen MR) is 95.0 cm³/mol. The van der Waals surface area contributed by atoms with Crippen LogP contribution in [-0.2, 0) is 11.4 Å². The van der Waals surface area contributed by atoms with E-state index in [0.29, 0.717) is 22.4 Å². The van der Waals surface area contributed by atoms with Crippen molar-refractivity contribution in [3.8, 4) is 17.2 Å². The largest absolute Gasteiger partial charge is 0.496 e. The summed E-state index contributed by atoms with van der Waals surface area (Å²) >= 11 is 0. The number of hydrogen-bond acceptors (Lipinski definition) is 6. The second-order valence-corrected chi connectivity index (χ2v) is 5.38. The van der Waals surface area contributed by atoms with Gasteiger partial charge in [-0.25, -0.2) is 0 Å². The molecular formula is C19H19F2NO5. The zero-order chi connectivity index (χ0) is 19.8. The zero-order valence-electron chi connectivity index (χ0n) is 15.1. The number of nitrogens with zero attached hydrogens (tertiary/aromatic N) is 1. The number of Topliss-reactive ketones (excluding diaryl/α,β-unsaturated/α-hetero) is 1. The lowest BCUT2D eigenvalue weighted by molar-refractivity contribution is -0.0512. The molecule has 0 aliphatic carbocycles. The lowest BCUT2D eigenvalue weighted by Crippen LogP contribution is -2.03. The average molecular weight is 379 g/mol. The van der Waals surface area contributed by atoms with E-state index in [1.807, 2.05) is 0 Å². The third kappa shape index (κ3) is 5.67. The highest BCUT2D eigenvalue weighted by molar-refractivity contribution is 5.94. The Hall–Kier alpha value is -3.16. The van der Waals surface area contributed by atoms with Crippen LogP contribution >= 0.6 is 0 Å². The van der Waals surface area contributed by atoms with Crippen molar-refractivity contribution in [2.75, 3.05) is 14.2 Å². The molecule has 0 unspecified atom stereocenters. The fourth-order valence-electron chi connectivity index (χ4n) is 2.27. The van der Waals surface area contributed by atoms with Gasteiger partial charge in [0.2, 0.25) is 0 Å². The van der Waals surface area contributed by atoms with Crippen molar-refractivity contribution >= 4 is 12.0 Å². The van der Waals surface area contributed by atoms with E-state index in [9.17, 15) is 13.6 Å². The summed E-state index contributed by atoms with van der Waals surface area (Å²) in [7, 11) is 2.87. The molecule has 144 valence electrons. The van der Waals surface area contributed by atoms with E-state index in [0.717, 1.165) is 0 Å². The van der Waals surface area contributed by atoms with Gasteiger partial charge in [-0.05, 0) is 43.3 Å². The maximum absolute atomic E-state index is 12.3. The first kappa shape index (κ1) is 20.2. The van der Waals surface area contributed by atoms with Crippen molar-refractivity contribution in [2.24, 2.45) is 5.16 Å². The third-order valence-electron chi connectivity index (χ3n) is 3.59. The second-order valence-electron chi connectivity index (χ2n) is 5.38. The molecule has 27 heavy (non-hydrogen) atoms. The summed E-state index contributed by atoms with van der Waals surface area (Å²) in [4.78, 5) is 16.7. The van der Waals surface area contributed by atoms with Gasteiger partial charge in [0, 0.05) is 16.7 Å². The fraction of sp³-hybridized carbons (Fsp3) is 0.263. The Kier molecular flexibility index (Phi) is 7.10. The Labute approximate surface area is 155 Å². The smallest absolute Gasteiger partial charge is 0.387 e. The van der Waals surface area contributed by atoms with E-state index in [1.165, 1.54) is 45.6 Å². The first-order valence-electron chi connectivity index (χ1n) is 7.90. The van der Waals surface area contributed by atoms with Crippen LogP contribution in [0.4, 0.5) is 8.78 Å². The standard InChI is InChI=1S/C19H19F2NO5/c1-12(23)14-5-7-16(24-2)15(9-14)11-26-22-10-13-4-6-17(27-19(20)21)18(8-13)25-3/h4-10,19H,11H2,1-3H3/b22-10+. The molecule has 0 amide bonds. The Balaban J connectivity index is 2.06. The minimum Gasteiger partial charge on any atom is -0.496 e. The van der Waals surface area contributed by atoms with Gasteiger partial charge in [0.15, 0.2) is 17.3 Å². The number of carbonyl (C=O) groups excluding carboxylic acids is 1. The average Bonchev–Trinajstić information content (AvgIpc) is 2.65. The van der Waals surface area contributed by atoms with Gasteiger partial charge in [0.1, 0.15) is 12.4 Å². The number of benzene rings is 2. The summed E-state index contributed by atoms with van der Waals surface area (Å²) in [5.74, 6) is 0.581. The monoisotopic (exact) mass is 379 g/mol. The molecule has 0 aliphatic heterocycles. The summed E-state index contributed by atoms with van der Waals surface area (Å²) in [5, 5.41) is 3.84. The first-order valence-corrected chi connectivity index (χ1v) is 7.90. The predicted octanol–water partition coefficient (Wildman–Crippen LogP) is 4.06. The normalized spacial score (nSPS) is 10.9. The lowest BCUT2D eigenvalue weighted by Gasteiger charge is -2.10. The Morgan fingerprint density at radius 1 is 1.07 bits per heavy atom. The van der Waals surface area contributed by atoms with E-state index in [1.54, 1.807) is 18.2 Å². The molecule has 6 nitrogen and oxygen atoms in total. The molecule has 2 aromatic rings. The molecule has 0 aliphatic rings. The van der Waals surface area contributed by atoms with Crippen molar-refractivity contribution in [1.82, 2.24) is 0 Å². The molecule has 0 atom stereocenters. The van der Waals surface area contributed by atoms with Crippen molar-refractivity contribution in [1.29, 1.82) is 0 Å². The third-order valence-corrected chi connectivity index (χ3v) is 3.59. The highest BCUT2D eigenvalue weighted by atomic mass is 19.3. The molecule has 0 radical (unpaired) electrons. The van der Waals surface area contributed by atoms with Crippen LogP contribution < -0.4 is 14.2 Å². The van der Waals surface area contributed by atoms with Gasteiger partial charge in [-0.1, -0.05) is 5.16 Å². The zero-order valence-corrected chi connectivity index (χ0v) is 15.1. The van der Waals surface area contributed by atoms with Crippen LogP contribution in [0.1, 0.15) is 28.4 Å². The molecule has 0 saturated carbocycles. The van der Waals surface area contributed by atoms with Crippen LogP contribution in [0.2, 0.25) is 0 Å². The van der Waals surface area contributed by atoms with Gasteiger partial charge in [-0.15, -0.1) is 0 Å².